The van der Waals surface area contributed by atoms with Crippen LogP contribution in [0.1, 0.15) is 19.8 Å². The van der Waals surface area contributed by atoms with Crippen LogP contribution < -0.4 is 15.4 Å². The van der Waals surface area contributed by atoms with Crippen LogP contribution in [0.25, 0.3) is 0 Å². The van der Waals surface area contributed by atoms with E-state index in [1.165, 1.54) is 0 Å². The summed E-state index contributed by atoms with van der Waals surface area (Å²) in [6.07, 6.45) is 1.44. The first kappa shape index (κ1) is 23.1. The predicted molar refractivity (Wildman–Crippen MR) is 115 cm³/mol. The smallest absolute Gasteiger partial charge is 0.247 e. The average Bonchev–Trinajstić information content (AvgIpc) is 2.70. The largest absolute Gasteiger partial charge is 0.482 e. The minimum Gasteiger partial charge on any atom is -0.482 e. The molecule has 0 bridgehead atoms. The molecule has 28 heavy (non-hydrogen) atoms. The van der Waals surface area contributed by atoms with Crippen molar-refractivity contribution in [3.8, 4) is 5.75 Å². The summed E-state index contributed by atoms with van der Waals surface area (Å²) < 4.78 is 12.3. The first-order chi connectivity index (χ1) is 13.6. The Hall–Kier alpha value is -1.20. The summed E-state index contributed by atoms with van der Waals surface area (Å²) in [6.45, 7) is 4.01. The second-order valence-corrected chi connectivity index (χ2v) is 7.65. The molecule has 1 aromatic rings. The van der Waals surface area contributed by atoms with Gasteiger partial charge in [0.15, 0.2) is 0 Å². The van der Waals surface area contributed by atoms with Gasteiger partial charge < -0.3 is 30.3 Å². The van der Waals surface area contributed by atoms with Crippen LogP contribution in [0.2, 0.25) is 0 Å². The number of benzene rings is 1. The Morgan fingerprint density at radius 3 is 2.82 bits per heavy atom. The zero-order chi connectivity index (χ0) is 20.4. The van der Waals surface area contributed by atoms with Gasteiger partial charge in [-0.15, -0.1) is 0 Å². The van der Waals surface area contributed by atoms with Crippen molar-refractivity contribution in [3.05, 3.63) is 39.5 Å². The summed E-state index contributed by atoms with van der Waals surface area (Å²) in [7, 11) is 0. The van der Waals surface area contributed by atoms with E-state index in [0.717, 1.165) is 9.99 Å². The molecule has 0 aliphatic heterocycles. The van der Waals surface area contributed by atoms with Crippen molar-refractivity contribution in [1.82, 2.24) is 10.6 Å². The summed E-state index contributed by atoms with van der Waals surface area (Å²) in [5, 5.41) is 25.8. The van der Waals surface area contributed by atoms with Crippen molar-refractivity contribution >= 4 is 28.5 Å². The van der Waals surface area contributed by atoms with Gasteiger partial charge in [0.05, 0.1) is 10.2 Å². The van der Waals surface area contributed by atoms with Crippen molar-refractivity contribution < 1.29 is 24.5 Å². The van der Waals surface area contributed by atoms with Crippen molar-refractivity contribution in [2.45, 2.75) is 38.0 Å². The fraction of sp³-hybridized carbons (Fsp3) is 0.550. The number of ether oxygens (including phenoxy) is 2. The van der Waals surface area contributed by atoms with Crippen LogP contribution in [0.4, 0.5) is 0 Å². The van der Waals surface area contributed by atoms with Crippen LogP contribution in [0.5, 0.6) is 5.75 Å². The number of aliphatic hydroxyl groups excluding tert-OH is 2. The molecule has 7 nitrogen and oxygen atoms in total. The van der Waals surface area contributed by atoms with Gasteiger partial charge in [-0.05, 0) is 67.1 Å². The van der Waals surface area contributed by atoms with Crippen LogP contribution >= 0.6 is 22.6 Å². The molecule has 3 atom stereocenters. The monoisotopic (exact) mass is 504 g/mol. The number of rotatable bonds is 11. The number of carbonyl (C=O) groups excluding carboxylic acids is 1. The molecule has 4 N–H and O–H groups in total. The highest BCUT2D eigenvalue weighted by molar-refractivity contribution is 14.1. The normalized spacial score (nSPS) is 21.9. The van der Waals surface area contributed by atoms with Gasteiger partial charge in [0, 0.05) is 31.4 Å². The summed E-state index contributed by atoms with van der Waals surface area (Å²) in [5.74, 6) is 0.411. The van der Waals surface area contributed by atoms with Gasteiger partial charge in [0.1, 0.15) is 18.0 Å². The van der Waals surface area contributed by atoms with Gasteiger partial charge in [0.2, 0.25) is 5.91 Å². The zero-order valence-corrected chi connectivity index (χ0v) is 18.2. The van der Waals surface area contributed by atoms with E-state index in [9.17, 15) is 9.90 Å². The maximum atomic E-state index is 12.4. The van der Waals surface area contributed by atoms with E-state index >= 15 is 0 Å². The third-order valence-corrected chi connectivity index (χ3v) is 5.31. The Balaban J connectivity index is 2.10. The first-order valence-corrected chi connectivity index (χ1v) is 10.6. The topological polar surface area (TPSA) is 100 Å². The SMILES string of the molecule is CCOCCCNC1CC(C(=O)NCCO)=CC(Oc2ccccc2I)C1O. The van der Waals surface area contributed by atoms with E-state index in [0.29, 0.717) is 37.5 Å². The van der Waals surface area contributed by atoms with E-state index in [2.05, 4.69) is 33.2 Å². The third-order valence-electron chi connectivity index (χ3n) is 4.42. The zero-order valence-electron chi connectivity index (χ0n) is 16.1. The van der Waals surface area contributed by atoms with Crippen LogP contribution in [0.3, 0.4) is 0 Å². The molecule has 0 saturated heterocycles. The number of nitrogens with one attached hydrogen (secondary N) is 2. The van der Waals surface area contributed by atoms with Gasteiger partial charge in [0.25, 0.3) is 0 Å². The minimum absolute atomic E-state index is 0.122. The van der Waals surface area contributed by atoms with Gasteiger partial charge in [-0.3, -0.25) is 4.79 Å². The molecule has 1 amide bonds. The molecular formula is C20H29IN2O5. The molecule has 1 aliphatic carbocycles. The number of amides is 1. The highest BCUT2D eigenvalue weighted by Gasteiger charge is 2.35. The van der Waals surface area contributed by atoms with Crippen LogP contribution in [-0.4, -0.2) is 67.3 Å². The lowest BCUT2D eigenvalue weighted by atomic mass is 9.89. The molecule has 1 aliphatic rings. The van der Waals surface area contributed by atoms with E-state index in [1.807, 2.05) is 31.2 Å². The summed E-state index contributed by atoms with van der Waals surface area (Å²) in [5.41, 5.74) is 0.539. The molecule has 0 fully saturated rings. The lowest BCUT2D eigenvalue weighted by molar-refractivity contribution is -0.118. The fourth-order valence-corrected chi connectivity index (χ4v) is 3.51. The molecule has 0 spiro atoms. The van der Waals surface area contributed by atoms with E-state index in [-0.39, 0.29) is 25.1 Å². The Morgan fingerprint density at radius 1 is 1.32 bits per heavy atom. The quantitative estimate of drug-likeness (QED) is 0.267. The molecule has 1 aromatic carbocycles. The molecule has 2 rings (SSSR count). The van der Waals surface area contributed by atoms with Crippen molar-refractivity contribution in [2.24, 2.45) is 0 Å². The highest BCUT2D eigenvalue weighted by atomic mass is 127. The van der Waals surface area contributed by atoms with E-state index < -0.39 is 12.2 Å². The van der Waals surface area contributed by atoms with Crippen molar-refractivity contribution in [1.29, 1.82) is 0 Å². The second-order valence-electron chi connectivity index (χ2n) is 6.49. The van der Waals surface area contributed by atoms with Crippen molar-refractivity contribution in [2.75, 3.05) is 32.9 Å². The van der Waals surface area contributed by atoms with Gasteiger partial charge in [-0.2, -0.15) is 0 Å². The molecular weight excluding hydrogens is 475 g/mol. The Kier molecular flexibility index (Phi) is 10.2. The number of hydrogen-bond acceptors (Lipinski definition) is 6. The van der Waals surface area contributed by atoms with E-state index in [4.69, 9.17) is 14.6 Å². The standard InChI is InChI=1S/C20H29IN2O5/c1-2-27-11-5-8-22-16-12-14(20(26)23-9-10-24)13-18(19(16)25)28-17-7-4-3-6-15(17)21/h3-4,6-7,13,16,18-19,22,24-25H,2,5,8-12H2,1H3,(H,23,26). The van der Waals surface area contributed by atoms with Crippen LogP contribution in [-0.2, 0) is 9.53 Å². The number of aliphatic hydroxyl groups is 2. The van der Waals surface area contributed by atoms with Gasteiger partial charge in [-0.25, -0.2) is 0 Å². The molecule has 8 heteroatoms. The van der Waals surface area contributed by atoms with Crippen molar-refractivity contribution in [3.63, 3.8) is 0 Å². The maximum absolute atomic E-state index is 12.4. The molecule has 0 saturated carbocycles. The average molecular weight is 504 g/mol. The predicted octanol–water partition coefficient (Wildman–Crippen LogP) is 1.22. The summed E-state index contributed by atoms with van der Waals surface area (Å²) >= 11 is 2.18. The second kappa shape index (κ2) is 12.4. The maximum Gasteiger partial charge on any atom is 0.247 e. The number of carbonyl (C=O) groups is 1. The number of hydrogen-bond donors (Lipinski definition) is 4. The van der Waals surface area contributed by atoms with Gasteiger partial charge >= 0.3 is 0 Å². The lowest BCUT2D eigenvalue weighted by Gasteiger charge is -2.34. The number of para-hydroxylation sites is 1. The summed E-state index contributed by atoms with van der Waals surface area (Å²) in [4.78, 5) is 12.4. The molecule has 0 heterocycles. The third kappa shape index (κ3) is 7.00. The summed E-state index contributed by atoms with van der Waals surface area (Å²) in [6, 6.07) is 7.24. The lowest BCUT2D eigenvalue weighted by Crippen LogP contribution is -2.52. The highest BCUT2D eigenvalue weighted by Crippen LogP contribution is 2.27. The van der Waals surface area contributed by atoms with Crippen LogP contribution in [0, 0.1) is 3.57 Å². The minimum atomic E-state index is -0.794. The first-order valence-electron chi connectivity index (χ1n) is 9.57. The Morgan fingerprint density at radius 2 is 2.11 bits per heavy atom. The molecule has 0 radical (unpaired) electrons. The van der Waals surface area contributed by atoms with E-state index in [1.54, 1.807) is 6.08 Å². The molecule has 156 valence electrons. The Bertz CT molecular complexity index is 655. The molecule has 3 unspecified atom stereocenters. The fourth-order valence-electron chi connectivity index (χ4n) is 2.99. The number of halogens is 1. The van der Waals surface area contributed by atoms with Gasteiger partial charge in [-0.1, -0.05) is 12.1 Å². The Labute approximate surface area is 179 Å². The molecule has 0 aromatic heterocycles. The van der Waals surface area contributed by atoms with Crippen LogP contribution in [0.15, 0.2) is 35.9 Å².